The zero-order valence-corrected chi connectivity index (χ0v) is 11.1. The van der Waals surface area contributed by atoms with Gasteiger partial charge in [0.2, 0.25) is 0 Å². The van der Waals surface area contributed by atoms with Gasteiger partial charge in [-0.2, -0.15) is 10.4 Å². The van der Waals surface area contributed by atoms with Gasteiger partial charge in [-0.1, -0.05) is 0 Å². The van der Waals surface area contributed by atoms with Crippen molar-refractivity contribution in [2.24, 2.45) is 5.10 Å². The largest absolute Gasteiger partial charge is 0.503 e. The first-order valence-corrected chi connectivity index (χ1v) is 5.63. The van der Waals surface area contributed by atoms with Crippen LogP contribution in [0.25, 0.3) is 0 Å². The number of aromatic hydroxyl groups is 1. The molecule has 0 heterocycles. The summed E-state index contributed by atoms with van der Waals surface area (Å²) in [5, 5.41) is 21.5. The van der Waals surface area contributed by atoms with Crippen LogP contribution in [0.4, 0.5) is 0 Å². The lowest BCUT2D eigenvalue weighted by Crippen LogP contribution is -2.16. The first kappa shape index (κ1) is 14.0. The van der Waals surface area contributed by atoms with Crippen molar-refractivity contribution in [3.8, 4) is 17.6 Å². The van der Waals surface area contributed by atoms with Crippen molar-refractivity contribution in [3.63, 3.8) is 0 Å². The van der Waals surface area contributed by atoms with Crippen LogP contribution in [0.2, 0.25) is 0 Å². The Labute approximate surface area is 112 Å². The molecule has 2 N–H and O–H groups in total. The highest BCUT2D eigenvalue weighted by atomic mass is 79.9. The molecule has 0 saturated carbocycles. The van der Waals surface area contributed by atoms with Crippen molar-refractivity contribution in [1.82, 2.24) is 5.43 Å². The van der Waals surface area contributed by atoms with Crippen LogP contribution in [0.1, 0.15) is 12.0 Å². The lowest BCUT2D eigenvalue weighted by Gasteiger charge is -2.06. The van der Waals surface area contributed by atoms with Gasteiger partial charge in [-0.3, -0.25) is 4.79 Å². The number of carbonyl (C=O) groups is 1. The molecule has 6 nitrogen and oxygen atoms in total. The highest BCUT2D eigenvalue weighted by molar-refractivity contribution is 9.10. The van der Waals surface area contributed by atoms with Crippen LogP contribution in [0.15, 0.2) is 21.7 Å². The zero-order valence-electron chi connectivity index (χ0n) is 9.48. The summed E-state index contributed by atoms with van der Waals surface area (Å²) in [6.07, 6.45) is 1.13. The monoisotopic (exact) mass is 311 g/mol. The van der Waals surface area contributed by atoms with Crippen molar-refractivity contribution < 1.29 is 14.6 Å². The fourth-order valence-corrected chi connectivity index (χ4v) is 1.57. The minimum absolute atomic E-state index is 0.0110. The van der Waals surface area contributed by atoms with E-state index in [0.717, 1.165) is 0 Å². The maximum Gasteiger partial charge on any atom is 0.254 e. The number of methoxy groups -OCH3 is 1. The quantitative estimate of drug-likeness (QED) is 0.651. The molecule has 0 fully saturated rings. The molecule has 1 rings (SSSR count). The fraction of sp³-hybridized carbons (Fsp3) is 0.182. The Hall–Kier alpha value is -2.07. The molecule has 1 aromatic carbocycles. The molecule has 0 atom stereocenters. The van der Waals surface area contributed by atoms with Crippen molar-refractivity contribution in [2.75, 3.05) is 7.11 Å². The fourth-order valence-electron chi connectivity index (χ4n) is 1.11. The predicted molar refractivity (Wildman–Crippen MR) is 68.3 cm³/mol. The maximum atomic E-state index is 11.0. The van der Waals surface area contributed by atoms with Crippen LogP contribution in [-0.2, 0) is 4.79 Å². The molecule has 7 heteroatoms. The van der Waals surface area contributed by atoms with Gasteiger partial charge in [0.25, 0.3) is 5.91 Å². The molecule has 0 radical (unpaired) electrons. The molecule has 0 aromatic heterocycles. The van der Waals surface area contributed by atoms with E-state index in [4.69, 9.17) is 10.00 Å². The molecular weight excluding hydrogens is 302 g/mol. The minimum atomic E-state index is -0.487. The number of nitriles is 1. The summed E-state index contributed by atoms with van der Waals surface area (Å²) >= 11 is 3.16. The smallest absolute Gasteiger partial charge is 0.254 e. The van der Waals surface area contributed by atoms with E-state index in [9.17, 15) is 9.90 Å². The molecule has 0 aliphatic rings. The van der Waals surface area contributed by atoms with Gasteiger partial charge in [0, 0.05) is 0 Å². The van der Waals surface area contributed by atoms with E-state index in [1.165, 1.54) is 13.3 Å². The molecule has 1 aromatic rings. The third-order valence-electron chi connectivity index (χ3n) is 1.91. The first-order chi connectivity index (χ1) is 8.58. The van der Waals surface area contributed by atoms with E-state index in [1.807, 2.05) is 0 Å². The maximum absolute atomic E-state index is 11.0. The predicted octanol–water partition coefficient (Wildman–Crippen LogP) is 1.53. The van der Waals surface area contributed by atoms with Crippen LogP contribution in [0.3, 0.4) is 0 Å². The summed E-state index contributed by atoms with van der Waals surface area (Å²) in [4.78, 5) is 11.0. The molecule has 18 heavy (non-hydrogen) atoms. The average Bonchev–Trinajstić information content (AvgIpc) is 2.33. The summed E-state index contributed by atoms with van der Waals surface area (Å²) in [6, 6.07) is 4.87. The highest BCUT2D eigenvalue weighted by Gasteiger charge is 2.07. The first-order valence-electron chi connectivity index (χ1n) is 4.83. The highest BCUT2D eigenvalue weighted by Crippen LogP contribution is 2.34. The lowest BCUT2D eigenvalue weighted by molar-refractivity contribution is -0.120. The number of amides is 1. The number of nitrogens with one attached hydrogen (secondary N) is 1. The molecule has 0 spiro atoms. The lowest BCUT2D eigenvalue weighted by atomic mass is 10.2. The molecular formula is C11H10BrN3O3. The normalized spacial score (nSPS) is 10.1. The Kier molecular flexibility index (Phi) is 5.14. The van der Waals surface area contributed by atoms with Gasteiger partial charge in [-0.05, 0) is 33.6 Å². The Morgan fingerprint density at radius 1 is 1.72 bits per heavy atom. The number of benzene rings is 1. The zero-order chi connectivity index (χ0) is 13.5. The second-order valence-corrected chi connectivity index (χ2v) is 4.04. The van der Waals surface area contributed by atoms with E-state index in [2.05, 4.69) is 26.5 Å². The number of nitrogens with zero attached hydrogens (tertiary/aromatic N) is 2. The summed E-state index contributed by atoms with van der Waals surface area (Å²) in [6.45, 7) is 0. The molecule has 0 bridgehead atoms. The average molecular weight is 312 g/mol. The minimum Gasteiger partial charge on any atom is -0.503 e. The summed E-state index contributed by atoms with van der Waals surface area (Å²) < 4.78 is 5.41. The van der Waals surface area contributed by atoms with Crippen molar-refractivity contribution >= 4 is 28.1 Å². The van der Waals surface area contributed by atoms with Crippen LogP contribution in [0.5, 0.6) is 11.5 Å². The standard InChI is InChI=1S/C11H10BrN3O3/c1-18-9-5-7(4-8(12)11(9)17)6-14-15-10(16)2-3-13/h4-6,17H,2H2,1H3,(H,15,16)/b14-6-. The van der Waals surface area contributed by atoms with Gasteiger partial charge in [0.05, 0.1) is 23.9 Å². The number of ether oxygens (including phenoxy) is 1. The number of phenolic OH excluding ortho intramolecular Hbond substituents is 1. The Bertz CT molecular complexity index is 523. The Balaban J connectivity index is 2.80. The third kappa shape index (κ3) is 3.75. The topological polar surface area (TPSA) is 94.7 Å². The van der Waals surface area contributed by atoms with Gasteiger partial charge in [-0.25, -0.2) is 5.43 Å². The number of halogens is 1. The van der Waals surface area contributed by atoms with Crippen LogP contribution in [-0.4, -0.2) is 24.3 Å². The van der Waals surface area contributed by atoms with Gasteiger partial charge < -0.3 is 9.84 Å². The van der Waals surface area contributed by atoms with Gasteiger partial charge in [0.1, 0.15) is 6.42 Å². The van der Waals surface area contributed by atoms with E-state index in [-0.39, 0.29) is 17.9 Å². The summed E-state index contributed by atoms with van der Waals surface area (Å²) in [5.74, 6) is -0.212. The molecule has 0 aliphatic heterocycles. The molecule has 94 valence electrons. The molecule has 1 amide bonds. The van der Waals surface area contributed by atoms with Gasteiger partial charge >= 0.3 is 0 Å². The van der Waals surface area contributed by atoms with Crippen LogP contribution < -0.4 is 10.2 Å². The number of hydrazone groups is 1. The second-order valence-electron chi connectivity index (χ2n) is 3.18. The second kappa shape index (κ2) is 6.61. The van der Waals surface area contributed by atoms with Gasteiger partial charge in [0.15, 0.2) is 11.5 Å². The molecule has 0 aliphatic carbocycles. The van der Waals surface area contributed by atoms with Crippen LogP contribution in [0, 0.1) is 11.3 Å². The number of hydrogen-bond donors (Lipinski definition) is 2. The van der Waals surface area contributed by atoms with Crippen molar-refractivity contribution in [1.29, 1.82) is 5.26 Å². The SMILES string of the molecule is COc1cc(/C=N\NC(=O)CC#N)cc(Br)c1O. The Morgan fingerprint density at radius 3 is 3.06 bits per heavy atom. The number of carbonyl (C=O) groups excluding carboxylic acids is 1. The van der Waals surface area contributed by atoms with E-state index >= 15 is 0 Å². The van der Waals surface area contributed by atoms with E-state index in [0.29, 0.717) is 10.0 Å². The summed E-state index contributed by atoms with van der Waals surface area (Å²) in [5.41, 5.74) is 2.81. The molecule has 0 saturated heterocycles. The van der Waals surface area contributed by atoms with E-state index < -0.39 is 5.91 Å². The Morgan fingerprint density at radius 2 is 2.44 bits per heavy atom. The number of phenols is 1. The number of hydrogen-bond acceptors (Lipinski definition) is 5. The van der Waals surface area contributed by atoms with E-state index in [1.54, 1.807) is 18.2 Å². The van der Waals surface area contributed by atoms with Crippen molar-refractivity contribution in [2.45, 2.75) is 6.42 Å². The molecule has 0 unspecified atom stereocenters. The van der Waals surface area contributed by atoms with Crippen LogP contribution >= 0.6 is 15.9 Å². The van der Waals surface area contributed by atoms with Crippen molar-refractivity contribution in [3.05, 3.63) is 22.2 Å². The number of rotatable bonds is 4. The third-order valence-corrected chi connectivity index (χ3v) is 2.52. The van der Waals surface area contributed by atoms with Gasteiger partial charge in [-0.15, -0.1) is 0 Å². The summed E-state index contributed by atoms with van der Waals surface area (Å²) in [7, 11) is 1.43.